The zero-order valence-electron chi connectivity index (χ0n) is 12.8. The van der Waals surface area contributed by atoms with Gasteiger partial charge in [0, 0.05) is 16.4 Å². The van der Waals surface area contributed by atoms with Crippen LogP contribution in [0.4, 0.5) is 11.4 Å². The van der Waals surface area contributed by atoms with Gasteiger partial charge in [-0.1, -0.05) is 11.6 Å². The smallest absolute Gasteiger partial charge is 0.246 e. The maximum absolute atomic E-state index is 12.3. The van der Waals surface area contributed by atoms with Crippen molar-refractivity contribution in [3.8, 4) is 0 Å². The zero-order chi connectivity index (χ0) is 16.4. The molecule has 0 aliphatic rings. The lowest BCUT2D eigenvalue weighted by Gasteiger charge is -2.15. The van der Waals surface area contributed by atoms with Crippen LogP contribution in [-0.4, -0.2) is 16.9 Å². The highest BCUT2D eigenvalue weighted by Gasteiger charge is 2.13. The second-order valence-electron chi connectivity index (χ2n) is 5.28. The van der Waals surface area contributed by atoms with E-state index in [9.17, 15) is 4.79 Å². The first-order valence-electron chi connectivity index (χ1n) is 7.21. The number of nitrogens with zero attached hydrogens (tertiary/aromatic N) is 1. The summed E-state index contributed by atoms with van der Waals surface area (Å²) in [5.74, 6) is -0.104. The molecule has 1 aromatic heterocycles. The van der Waals surface area contributed by atoms with Crippen LogP contribution in [0.3, 0.4) is 0 Å². The molecule has 3 aromatic rings. The predicted molar refractivity (Wildman–Crippen MR) is 97.5 cm³/mol. The van der Waals surface area contributed by atoms with Gasteiger partial charge in [-0.15, -0.1) is 11.3 Å². The van der Waals surface area contributed by atoms with Gasteiger partial charge in [-0.25, -0.2) is 4.98 Å². The Labute approximate surface area is 143 Å². The van der Waals surface area contributed by atoms with Crippen LogP contribution in [-0.2, 0) is 4.79 Å². The fourth-order valence-electron chi connectivity index (χ4n) is 2.23. The molecule has 0 fully saturated rings. The van der Waals surface area contributed by atoms with Crippen LogP contribution in [0.25, 0.3) is 10.2 Å². The molecule has 0 aliphatic heterocycles. The van der Waals surface area contributed by atoms with Crippen LogP contribution in [0.5, 0.6) is 0 Å². The van der Waals surface area contributed by atoms with Crippen LogP contribution in [0.15, 0.2) is 42.5 Å². The Kier molecular flexibility index (Phi) is 4.50. The predicted octanol–water partition coefficient (Wildman–Crippen LogP) is 4.70. The average Bonchev–Trinajstić information content (AvgIpc) is 2.88. The molecule has 4 nitrogen and oxygen atoms in total. The largest absolute Gasteiger partial charge is 0.374 e. The molecule has 6 heteroatoms. The van der Waals surface area contributed by atoms with Crippen molar-refractivity contribution in [1.29, 1.82) is 0 Å². The Morgan fingerprint density at radius 2 is 1.87 bits per heavy atom. The van der Waals surface area contributed by atoms with Gasteiger partial charge in [0.2, 0.25) is 5.91 Å². The summed E-state index contributed by atoms with van der Waals surface area (Å²) in [6.45, 7) is 3.81. The number of carbonyl (C=O) groups is 1. The number of amides is 1. The first-order chi connectivity index (χ1) is 11.0. The molecule has 118 valence electrons. The summed E-state index contributed by atoms with van der Waals surface area (Å²) >= 11 is 7.48. The molecule has 0 aliphatic carbocycles. The molecule has 1 heterocycles. The first kappa shape index (κ1) is 15.8. The SMILES string of the molecule is Cc1nc2ccc(N[C@H](C)C(=O)Nc3ccc(Cl)cc3)cc2s1. The van der Waals surface area contributed by atoms with Crippen molar-refractivity contribution in [3.63, 3.8) is 0 Å². The molecule has 0 saturated heterocycles. The van der Waals surface area contributed by atoms with E-state index in [-0.39, 0.29) is 11.9 Å². The molecular weight excluding hydrogens is 330 g/mol. The van der Waals surface area contributed by atoms with E-state index in [2.05, 4.69) is 15.6 Å². The quantitative estimate of drug-likeness (QED) is 0.720. The van der Waals surface area contributed by atoms with Gasteiger partial charge in [0.15, 0.2) is 0 Å². The lowest BCUT2D eigenvalue weighted by molar-refractivity contribution is -0.116. The Hall–Kier alpha value is -2.11. The molecule has 0 unspecified atom stereocenters. The molecular formula is C17H16ClN3OS. The highest BCUT2D eigenvalue weighted by molar-refractivity contribution is 7.18. The number of aromatic nitrogens is 1. The third kappa shape index (κ3) is 3.81. The molecule has 0 saturated carbocycles. The van der Waals surface area contributed by atoms with Crippen molar-refractivity contribution in [2.75, 3.05) is 10.6 Å². The van der Waals surface area contributed by atoms with Gasteiger partial charge < -0.3 is 10.6 Å². The summed E-state index contributed by atoms with van der Waals surface area (Å²) in [7, 11) is 0. The highest BCUT2D eigenvalue weighted by atomic mass is 35.5. The van der Waals surface area contributed by atoms with Crippen molar-refractivity contribution in [2.45, 2.75) is 19.9 Å². The minimum Gasteiger partial charge on any atom is -0.374 e. The van der Waals surface area contributed by atoms with Gasteiger partial charge in [0.1, 0.15) is 6.04 Å². The van der Waals surface area contributed by atoms with Crippen molar-refractivity contribution in [3.05, 3.63) is 52.5 Å². The number of hydrogen-bond donors (Lipinski definition) is 2. The third-order valence-electron chi connectivity index (χ3n) is 3.38. The zero-order valence-corrected chi connectivity index (χ0v) is 14.3. The monoisotopic (exact) mass is 345 g/mol. The normalized spacial score (nSPS) is 12.1. The van der Waals surface area contributed by atoms with E-state index >= 15 is 0 Å². The number of benzene rings is 2. The topological polar surface area (TPSA) is 54.0 Å². The lowest BCUT2D eigenvalue weighted by atomic mass is 10.2. The van der Waals surface area contributed by atoms with E-state index < -0.39 is 0 Å². The maximum atomic E-state index is 12.3. The van der Waals surface area contributed by atoms with Crippen molar-refractivity contribution >= 4 is 50.4 Å². The van der Waals surface area contributed by atoms with Gasteiger partial charge in [0.25, 0.3) is 0 Å². The molecule has 0 bridgehead atoms. The second-order valence-corrected chi connectivity index (χ2v) is 6.95. The third-order valence-corrected chi connectivity index (χ3v) is 4.57. The number of halogens is 1. The minimum atomic E-state index is -0.364. The van der Waals surface area contributed by atoms with E-state index in [1.807, 2.05) is 32.0 Å². The Morgan fingerprint density at radius 1 is 1.17 bits per heavy atom. The van der Waals surface area contributed by atoms with E-state index in [0.29, 0.717) is 5.02 Å². The standard InChI is InChI=1S/C17H16ClN3OS/c1-10(17(22)21-13-5-3-12(18)4-6-13)19-14-7-8-15-16(9-14)23-11(2)20-15/h3-10,19H,1-2H3,(H,21,22)/t10-/m1/s1. The van der Waals surface area contributed by atoms with Crippen LogP contribution >= 0.6 is 22.9 Å². The fourth-order valence-corrected chi connectivity index (χ4v) is 3.22. The highest BCUT2D eigenvalue weighted by Crippen LogP contribution is 2.25. The first-order valence-corrected chi connectivity index (χ1v) is 8.41. The summed E-state index contributed by atoms with van der Waals surface area (Å²) in [4.78, 5) is 16.7. The number of aryl methyl sites for hydroxylation is 1. The van der Waals surface area contributed by atoms with Crippen LogP contribution < -0.4 is 10.6 Å². The molecule has 1 atom stereocenters. The Balaban J connectivity index is 1.67. The summed E-state index contributed by atoms with van der Waals surface area (Å²) in [5.41, 5.74) is 2.61. The number of carbonyl (C=O) groups excluding carboxylic acids is 1. The summed E-state index contributed by atoms with van der Waals surface area (Å²) in [6.07, 6.45) is 0. The molecule has 0 radical (unpaired) electrons. The molecule has 3 rings (SSSR count). The number of fused-ring (bicyclic) bond motifs is 1. The number of anilines is 2. The van der Waals surface area contributed by atoms with Gasteiger partial charge in [-0.05, 0) is 56.3 Å². The van der Waals surface area contributed by atoms with Crippen molar-refractivity contribution in [2.24, 2.45) is 0 Å². The second kappa shape index (κ2) is 6.56. The van der Waals surface area contributed by atoms with Gasteiger partial charge in [-0.3, -0.25) is 4.79 Å². The van der Waals surface area contributed by atoms with Gasteiger partial charge in [0.05, 0.1) is 15.2 Å². The minimum absolute atomic E-state index is 0.104. The number of thiazole rings is 1. The lowest BCUT2D eigenvalue weighted by Crippen LogP contribution is -2.31. The van der Waals surface area contributed by atoms with E-state index in [4.69, 9.17) is 11.6 Å². The van der Waals surface area contributed by atoms with E-state index in [0.717, 1.165) is 26.6 Å². The molecule has 0 spiro atoms. The average molecular weight is 346 g/mol. The van der Waals surface area contributed by atoms with Gasteiger partial charge in [-0.2, -0.15) is 0 Å². The molecule has 2 aromatic carbocycles. The number of nitrogens with one attached hydrogen (secondary N) is 2. The molecule has 1 amide bonds. The summed E-state index contributed by atoms with van der Waals surface area (Å²) < 4.78 is 1.11. The van der Waals surface area contributed by atoms with Crippen LogP contribution in [0, 0.1) is 6.92 Å². The Bertz CT molecular complexity index is 845. The Morgan fingerprint density at radius 3 is 2.61 bits per heavy atom. The summed E-state index contributed by atoms with van der Waals surface area (Å²) in [5, 5.41) is 7.75. The van der Waals surface area contributed by atoms with Crippen molar-refractivity contribution in [1.82, 2.24) is 4.98 Å². The van der Waals surface area contributed by atoms with Crippen molar-refractivity contribution < 1.29 is 4.79 Å². The van der Waals surface area contributed by atoms with Gasteiger partial charge >= 0.3 is 0 Å². The number of hydrogen-bond acceptors (Lipinski definition) is 4. The summed E-state index contributed by atoms with van der Waals surface area (Å²) in [6, 6.07) is 12.6. The maximum Gasteiger partial charge on any atom is 0.246 e. The fraction of sp³-hybridized carbons (Fsp3) is 0.176. The van der Waals surface area contributed by atoms with Crippen LogP contribution in [0.2, 0.25) is 5.02 Å². The van der Waals surface area contributed by atoms with E-state index in [1.165, 1.54) is 0 Å². The van der Waals surface area contributed by atoms with E-state index in [1.54, 1.807) is 35.6 Å². The molecule has 2 N–H and O–H groups in total. The number of rotatable bonds is 4. The molecule has 23 heavy (non-hydrogen) atoms. The van der Waals surface area contributed by atoms with Crippen LogP contribution in [0.1, 0.15) is 11.9 Å².